The van der Waals surface area contributed by atoms with E-state index in [-0.39, 0.29) is 11.5 Å². The van der Waals surface area contributed by atoms with Gasteiger partial charge in [-0.15, -0.1) is 0 Å². The smallest absolute Gasteiger partial charge is 0.272 e. The van der Waals surface area contributed by atoms with Crippen molar-refractivity contribution in [3.05, 3.63) is 87.3 Å². The van der Waals surface area contributed by atoms with E-state index in [1.165, 1.54) is 22.3 Å². The van der Waals surface area contributed by atoms with Crippen LogP contribution in [0.15, 0.2) is 69.3 Å². The first-order chi connectivity index (χ1) is 13.9. The number of aromatic nitrogens is 3. The van der Waals surface area contributed by atoms with Gasteiger partial charge in [-0.2, -0.15) is 4.52 Å². The van der Waals surface area contributed by atoms with Gasteiger partial charge in [-0.05, 0) is 45.0 Å². The van der Waals surface area contributed by atoms with Crippen LogP contribution in [0.1, 0.15) is 27.2 Å². The third-order valence-electron chi connectivity index (χ3n) is 4.50. The van der Waals surface area contributed by atoms with Crippen LogP contribution in [0.25, 0.3) is 5.65 Å². The summed E-state index contributed by atoms with van der Waals surface area (Å²) >= 11 is 1.43. The third kappa shape index (κ3) is 3.95. The molecule has 0 aliphatic carbocycles. The van der Waals surface area contributed by atoms with Crippen molar-refractivity contribution in [2.75, 3.05) is 5.32 Å². The molecule has 2 heterocycles. The molecule has 2 aromatic carbocycles. The second-order valence-corrected chi connectivity index (χ2v) is 8.03. The number of benzene rings is 2. The van der Waals surface area contributed by atoms with Gasteiger partial charge in [-0.3, -0.25) is 14.7 Å². The second-order valence-electron chi connectivity index (χ2n) is 6.95. The van der Waals surface area contributed by atoms with Gasteiger partial charge >= 0.3 is 0 Å². The number of anilines is 1. The number of nitrogens with zero attached hydrogens (tertiary/aromatic N) is 2. The summed E-state index contributed by atoms with van der Waals surface area (Å²) in [4.78, 5) is 30.7. The lowest BCUT2D eigenvalue weighted by Gasteiger charge is -2.07. The van der Waals surface area contributed by atoms with Crippen LogP contribution in [-0.2, 0) is 0 Å². The first-order valence-corrected chi connectivity index (χ1v) is 9.97. The molecule has 7 heteroatoms. The molecule has 2 aromatic heterocycles. The van der Waals surface area contributed by atoms with Crippen molar-refractivity contribution in [1.82, 2.24) is 14.6 Å². The van der Waals surface area contributed by atoms with E-state index in [1.807, 2.05) is 50.2 Å². The predicted octanol–water partition coefficient (Wildman–Crippen LogP) is 4.35. The number of amides is 1. The highest BCUT2D eigenvalue weighted by Gasteiger charge is 2.19. The normalized spacial score (nSPS) is 11.0. The maximum atomic E-state index is 12.8. The molecule has 4 rings (SSSR count). The van der Waals surface area contributed by atoms with Gasteiger partial charge in [-0.25, -0.2) is 4.98 Å². The summed E-state index contributed by atoms with van der Waals surface area (Å²) in [6.45, 7) is 5.75. The van der Waals surface area contributed by atoms with Gasteiger partial charge in [0.15, 0.2) is 5.65 Å². The van der Waals surface area contributed by atoms with Crippen LogP contribution in [0.2, 0.25) is 0 Å². The van der Waals surface area contributed by atoms with Crippen molar-refractivity contribution in [2.45, 2.75) is 30.7 Å². The van der Waals surface area contributed by atoms with Gasteiger partial charge in [0.1, 0.15) is 10.7 Å². The molecule has 146 valence electrons. The zero-order valence-electron chi connectivity index (χ0n) is 16.3. The van der Waals surface area contributed by atoms with Crippen molar-refractivity contribution in [3.63, 3.8) is 0 Å². The topological polar surface area (TPSA) is 79.3 Å². The highest BCUT2D eigenvalue weighted by atomic mass is 32.2. The van der Waals surface area contributed by atoms with E-state index in [2.05, 4.69) is 15.4 Å². The molecule has 0 aliphatic rings. The van der Waals surface area contributed by atoms with Crippen LogP contribution in [0, 0.1) is 20.8 Å². The summed E-state index contributed by atoms with van der Waals surface area (Å²) in [7, 11) is 0. The number of hydrogen-bond donors (Lipinski definition) is 2. The second kappa shape index (κ2) is 7.60. The highest BCUT2D eigenvalue weighted by molar-refractivity contribution is 7.99. The number of carbonyl (C=O) groups is 1. The number of aryl methyl sites for hydroxylation is 3. The SMILES string of the molecule is Cc1ccc(Sc2[nH]n3c(=O)cc(C)nc3c2NC(=O)c2ccc(C)cc2)cc1. The van der Waals surface area contributed by atoms with Gasteiger partial charge in [-0.1, -0.05) is 47.2 Å². The molecule has 0 aliphatic heterocycles. The molecule has 0 spiro atoms. The van der Waals surface area contributed by atoms with Crippen LogP contribution in [0.5, 0.6) is 0 Å². The number of carbonyl (C=O) groups excluding carboxylic acids is 1. The van der Waals surface area contributed by atoms with Crippen molar-refractivity contribution in [1.29, 1.82) is 0 Å². The Morgan fingerprint density at radius 2 is 1.62 bits per heavy atom. The predicted molar refractivity (Wildman–Crippen MR) is 115 cm³/mol. The molecule has 0 radical (unpaired) electrons. The molecule has 1 amide bonds. The Hall–Kier alpha value is -3.32. The zero-order chi connectivity index (χ0) is 20.5. The summed E-state index contributed by atoms with van der Waals surface area (Å²) in [6.07, 6.45) is 0. The fourth-order valence-electron chi connectivity index (χ4n) is 2.93. The van der Waals surface area contributed by atoms with Crippen molar-refractivity contribution < 1.29 is 4.79 Å². The Morgan fingerprint density at radius 3 is 2.28 bits per heavy atom. The summed E-state index contributed by atoms with van der Waals surface area (Å²) in [5, 5.41) is 6.66. The number of H-pyrrole nitrogens is 1. The van der Waals surface area contributed by atoms with Gasteiger partial charge in [0.05, 0.1) is 0 Å². The minimum atomic E-state index is -0.256. The van der Waals surface area contributed by atoms with E-state index in [0.717, 1.165) is 16.0 Å². The van der Waals surface area contributed by atoms with Gasteiger partial charge in [0.2, 0.25) is 0 Å². The standard InChI is InChI=1S/C22H20N4O2S/c1-13-4-8-16(9-5-13)21(28)24-19-20-23-15(3)12-18(27)26(20)25-22(19)29-17-10-6-14(2)7-11-17/h4-12,25H,1-3H3,(H,24,28). The highest BCUT2D eigenvalue weighted by Crippen LogP contribution is 2.34. The van der Waals surface area contributed by atoms with Crippen molar-refractivity contribution in [2.24, 2.45) is 0 Å². The monoisotopic (exact) mass is 404 g/mol. The van der Waals surface area contributed by atoms with Gasteiger partial charge in [0, 0.05) is 22.2 Å². The van der Waals surface area contributed by atoms with E-state index in [4.69, 9.17) is 0 Å². The van der Waals surface area contributed by atoms with E-state index < -0.39 is 0 Å². The third-order valence-corrected chi connectivity index (χ3v) is 5.51. The molecule has 0 saturated heterocycles. The Kier molecular flexibility index (Phi) is 4.98. The first kappa shape index (κ1) is 19.0. The average Bonchev–Trinajstić information content (AvgIpc) is 3.02. The first-order valence-electron chi connectivity index (χ1n) is 9.15. The van der Waals surface area contributed by atoms with Crippen LogP contribution >= 0.6 is 11.8 Å². The maximum absolute atomic E-state index is 12.8. The molecule has 4 aromatic rings. The fraction of sp³-hybridized carbons (Fsp3) is 0.136. The number of fused-ring (bicyclic) bond motifs is 1. The van der Waals surface area contributed by atoms with Crippen molar-refractivity contribution >= 4 is 29.0 Å². The average molecular weight is 404 g/mol. The maximum Gasteiger partial charge on any atom is 0.272 e. The summed E-state index contributed by atoms with van der Waals surface area (Å²) in [5.41, 5.74) is 4.02. The molecular formula is C22H20N4O2S. The van der Waals surface area contributed by atoms with E-state index in [9.17, 15) is 9.59 Å². The Bertz CT molecular complexity index is 1260. The van der Waals surface area contributed by atoms with Crippen LogP contribution in [0.3, 0.4) is 0 Å². The van der Waals surface area contributed by atoms with Crippen LogP contribution < -0.4 is 10.9 Å². The van der Waals surface area contributed by atoms with Crippen molar-refractivity contribution in [3.8, 4) is 0 Å². The Labute approximate surface area is 172 Å². The molecule has 0 bridgehead atoms. The Morgan fingerprint density at radius 1 is 1.00 bits per heavy atom. The fourth-order valence-corrected chi connectivity index (χ4v) is 3.82. The molecule has 6 nitrogen and oxygen atoms in total. The summed E-state index contributed by atoms with van der Waals surface area (Å²) in [6, 6.07) is 16.8. The van der Waals surface area contributed by atoms with Crippen LogP contribution in [0.4, 0.5) is 5.69 Å². The quantitative estimate of drug-likeness (QED) is 0.530. The van der Waals surface area contributed by atoms with E-state index in [0.29, 0.717) is 27.6 Å². The molecule has 0 fully saturated rings. The molecular weight excluding hydrogens is 384 g/mol. The van der Waals surface area contributed by atoms with Gasteiger partial charge < -0.3 is 5.32 Å². The minimum absolute atomic E-state index is 0.228. The molecule has 0 saturated carbocycles. The van der Waals surface area contributed by atoms with E-state index >= 15 is 0 Å². The molecule has 0 atom stereocenters. The lowest BCUT2D eigenvalue weighted by atomic mass is 10.1. The zero-order valence-corrected chi connectivity index (χ0v) is 17.1. The number of rotatable bonds is 4. The van der Waals surface area contributed by atoms with Gasteiger partial charge in [0.25, 0.3) is 11.5 Å². The minimum Gasteiger partial charge on any atom is -0.317 e. The summed E-state index contributed by atoms with van der Waals surface area (Å²) < 4.78 is 1.36. The molecule has 0 unspecified atom stereocenters. The molecule has 29 heavy (non-hydrogen) atoms. The lowest BCUT2D eigenvalue weighted by Crippen LogP contribution is -2.16. The molecule has 2 N–H and O–H groups in total. The number of nitrogens with one attached hydrogen (secondary N) is 2. The number of aromatic amines is 1. The summed E-state index contributed by atoms with van der Waals surface area (Å²) in [5.74, 6) is -0.256. The number of hydrogen-bond acceptors (Lipinski definition) is 4. The van der Waals surface area contributed by atoms with Crippen LogP contribution in [-0.4, -0.2) is 20.5 Å². The Balaban J connectivity index is 1.78. The lowest BCUT2D eigenvalue weighted by molar-refractivity contribution is 0.102. The van der Waals surface area contributed by atoms with E-state index in [1.54, 1.807) is 19.1 Å². The largest absolute Gasteiger partial charge is 0.317 e.